The van der Waals surface area contributed by atoms with Crippen molar-refractivity contribution in [2.45, 2.75) is 37.4 Å². The van der Waals surface area contributed by atoms with Crippen LogP contribution in [0, 0.1) is 0 Å². The van der Waals surface area contributed by atoms with Crippen LogP contribution in [-0.4, -0.2) is 54.0 Å². The third kappa shape index (κ3) is 4.63. The van der Waals surface area contributed by atoms with E-state index in [2.05, 4.69) is 4.98 Å². The van der Waals surface area contributed by atoms with Gasteiger partial charge in [-0.1, -0.05) is 37.7 Å². The lowest BCUT2D eigenvalue weighted by Crippen LogP contribution is -2.30. The number of rotatable bonds is 10. The van der Waals surface area contributed by atoms with E-state index >= 15 is 0 Å². The van der Waals surface area contributed by atoms with Crippen molar-refractivity contribution in [1.29, 1.82) is 0 Å². The summed E-state index contributed by atoms with van der Waals surface area (Å²) in [6.45, 7) is 7.11. The maximum Gasteiger partial charge on any atom is 0.243 e. The minimum absolute atomic E-state index is 0.0537. The Morgan fingerprint density at radius 1 is 1.13 bits per heavy atom. The molecule has 166 valence electrons. The van der Waals surface area contributed by atoms with E-state index in [4.69, 9.17) is 4.74 Å². The van der Waals surface area contributed by atoms with Crippen LogP contribution in [0.25, 0.3) is 11.0 Å². The van der Waals surface area contributed by atoms with Crippen molar-refractivity contribution in [2.75, 3.05) is 26.0 Å². The molecule has 0 atom stereocenters. The highest BCUT2D eigenvalue weighted by Gasteiger charge is 2.23. The van der Waals surface area contributed by atoms with E-state index in [0.717, 1.165) is 5.52 Å². The first kappa shape index (κ1) is 23.3. The fourth-order valence-electron chi connectivity index (χ4n) is 3.46. The van der Waals surface area contributed by atoms with Crippen molar-refractivity contribution in [3.63, 3.8) is 0 Å². The lowest BCUT2D eigenvalue weighted by Gasteiger charge is -2.18. The summed E-state index contributed by atoms with van der Waals surface area (Å²) >= 11 is 1.34. The van der Waals surface area contributed by atoms with Gasteiger partial charge in [0, 0.05) is 19.6 Å². The maximum absolute atomic E-state index is 12.9. The van der Waals surface area contributed by atoms with Crippen LogP contribution >= 0.6 is 11.8 Å². The third-order valence-corrected chi connectivity index (χ3v) is 8.11. The summed E-state index contributed by atoms with van der Waals surface area (Å²) in [6, 6.07) is 12.2. The van der Waals surface area contributed by atoms with E-state index in [1.54, 1.807) is 43.5 Å². The molecular weight excluding hydrogens is 434 g/mol. The fourth-order valence-corrected chi connectivity index (χ4v) is 5.90. The minimum atomic E-state index is -3.56. The van der Waals surface area contributed by atoms with Crippen LogP contribution in [0.5, 0.6) is 5.75 Å². The lowest BCUT2D eigenvalue weighted by molar-refractivity contribution is 0.101. The number of imidazole rings is 1. The van der Waals surface area contributed by atoms with E-state index in [9.17, 15) is 13.2 Å². The molecule has 0 aliphatic carbocycles. The fraction of sp³-hybridized carbons (Fsp3) is 0.364. The molecule has 3 rings (SSSR count). The third-order valence-electron chi connectivity index (χ3n) is 5.08. The van der Waals surface area contributed by atoms with E-state index < -0.39 is 10.0 Å². The number of fused-ring (bicyclic) bond motifs is 1. The standard InChI is InChI=1S/C22H27N3O4S2/c1-5-24(6-2)31(27,28)16-12-13-19-18(14-16)23-22(25(19)7-3)30-15-20(26)17-10-8-9-11-21(17)29-4/h8-14H,5-7,15H2,1-4H3. The Morgan fingerprint density at radius 2 is 1.84 bits per heavy atom. The highest BCUT2D eigenvalue weighted by atomic mass is 32.2. The van der Waals surface area contributed by atoms with Crippen LogP contribution in [-0.2, 0) is 16.6 Å². The van der Waals surface area contributed by atoms with E-state index in [0.29, 0.717) is 41.6 Å². The van der Waals surface area contributed by atoms with E-state index in [1.165, 1.54) is 16.1 Å². The maximum atomic E-state index is 12.9. The van der Waals surface area contributed by atoms with Gasteiger partial charge in [0.05, 0.1) is 34.4 Å². The van der Waals surface area contributed by atoms with Gasteiger partial charge in [-0.05, 0) is 37.3 Å². The van der Waals surface area contributed by atoms with Crippen LogP contribution in [0.15, 0.2) is 52.5 Å². The first-order valence-corrected chi connectivity index (χ1v) is 12.6. The van der Waals surface area contributed by atoms with Crippen LogP contribution in [0.4, 0.5) is 0 Å². The molecule has 0 amide bonds. The number of aryl methyl sites for hydroxylation is 1. The van der Waals surface area contributed by atoms with Gasteiger partial charge in [-0.15, -0.1) is 0 Å². The predicted octanol–water partition coefficient (Wildman–Crippen LogP) is 4.07. The Kier molecular flexibility index (Phi) is 7.40. The minimum Gasteiger partial charge on any atom is -0.496 e. The molecule has 1 heterocycles. The number of sulfonamides is 1. The molecule has 31 heavy (non-hydrogen) atoms. The molecule has 0 fully saturated rings. The second-order valence-electron chi connectivity index (χ2n) is 6.79. The van der Waals surface area contributed by atoms with Crippen LogP contribution in [0.2, 0.25) is 0 Å². The van der Waals surface area contributed by atoms with E-state index in [-0.39, 0.29) is 16.4 Å². The molecule has 0 saturated heterocycles. The number of ketones is 1. The Labute approximate surface area is 187 Å². The van der Waals surface area contributed by atoms with Gasteiger partial charge in [0.2, 0.25) is 10.0 Å². The van der Waals surface area contributed by atoms with Crippen LogP contribution in [0.3, 0.4) is 0 Å². The Hall–Kier alpha value is -2.36. The summed E-state index contributed by atoms with van der Waals surface area (Å²) in [5.41, 5.74) is 1.97. The molecule has 0 radical (unpaired) electrons. The van der Waals surface area contributed by atoms with Gasteiger partial charge in [-0.2, -0.15) is 4.31 Å². The summed E-state index contributed by atoms with van der Waals surface area (Å²) in [5, 5.41) is 0.679. The number of carbonyl (C=O) groups excluding carboxylic acids is 1. The largest absolute Gasteiger partial charge is 0.496 e. The van der Waals surface area contributed by atoms with Crippen molar-refractivity contribution in [3.8, 4) is 5.75 Å². The van der Waals surface area contributed by atoms with E-state index in [1.807, 2.05) is 31.4 Å². The average Bonchev–Trinajstić information content (AvgIpc) is 3.14. The van der Waals surface area contributed by atoms with Gasteiger partial charge in [-0.25, -0.2) is 13.4 Å². The smallest absolute Gasteiger partial charge is 0.243 e. The quantitative estimate of drug-likeness (QED) is 0.334. The number of hydrogen-bond donors (Lipinski definition) is 0. The monoisotopic (exact) mass is 461 g/mol. The predicted molar refractivity (Wildman–Crippen MR) is 124 cm³/mol. The van der Waals surface area contributed by atoms with Crippen LogP contribution < -0.4 is 4.74 Å². The van der Waals surface area contributed by atoms with Crippen molar-refractivity contribution < 1.29 is 17.9 Å². The number of ether oxygens (including phenoxy) is 1. The molecule has 1 aromatic heterocycles. The lowest BCUT2D eigenvalue weighted by atomic mass is 10.1. The zero-order valence-corrected chi connectivity index (χ0v) is 19.8. The summed E-state index contributed by atoms with van der Waals surface area (Å²) in [5.74, 6) is 0.694. The van der Waals surface area contributed by atoms with Gasteiger partial charge >= 0.3 is 0 Å². The Balaban J connectivity index is 1.90. The van der Waals surface area contributed by atoms with Gasteiger partial charge in [0.1, 0.15) is 5.75 Å². The van der Waals surface area contributed by atoms with Gasteiger partial charge in [-0.3, -0.25) is 4.79 Å². The van der Waals surface area contributed by atoms with Gasteiger partial charge in [0.15, 0.2) is 10.9 Å². The topological polar surface area (TPSA) is 81.5 Å². The second kappa shape index (κ2) is 9.84. The zero-order valence-electron chi connectivity index (χ0n) is 18.2. The summed E-state index contributed by atoms with van der Waals surface area (Å²) in [6.07, 6.45) is 0. The molecule has 0 aliphatic heterocycles. The van der Waals surface area contributed by atoms with Crippen molar-refractivity contribution in [2.24, 2.45) is 0 Å². The Morgan fingerprint density at radius 3 is 2.48 bits per heavy atom. The normalized spacial score (nSPS) is 11.9. The molecule has 0 saturated carbocycles. The molecule has 0 unspecified atom stereocenters. The highest BCUT2D eigenvalue weighted by molar-refractivity contribution is 7.99. The number of nitrogens with zero attached hydrogens (tertiary/aromatic N) is 3. The van der Waals surface area contributed by atoms with Crippen LogP contribution in [0.1, 0.15) is 31.1 Å². The summed E-state index contributed by atoms with van der Waals surface area (Å²) < 4.78 is 34.4. The second-order valence-corrected chi connectivity index (χ2v) is 9.67. The highest BCUT2D eigenvalue weighted by Crippen LogP contribution is 2.28. The number of methoxy groups -OCH3 is 1. The number of hydrogen-bond acceptors (Lipinski definition) is 6. The number of thioether (sulfide) groups is 1. The molecule has 0 bridgehead atoms. The first-order chi connectivity index (χ1) is 14.9. The molecule has 2 aromatic carbocycles. The zero-order chi connectivity index (χ0) is 22.6. The SMILES string of the molecule is CCN(CC)S(=O)(=O)c1ccc2c(c1)nc(SCC(=O)c1ccccc1OC)n2CC. The molecule has 0 spiro atoms. The summed E-state index contributed by atoms with van der Waals surface area (Å²) in [7, 11) is -2.02. The van der Waals surface area contributed by atoms with Gasteiger partial charge in [0.25, 0.3) is 0 Å². The molecule has 9 heteroatoms. The van der Waals surface area contributed by atoms with Crippen molar-refractivity contribution in [1.82, 2.24) is 13.9 Å². The summed E-state index contributed by atoms with van der Waals surface area (Å²) in [4.78, 5) is 17.6. The first-order valence-electron chi connectivity index (χ1n) is 10.2. The number of Topliss-reactive ketones (excluding diaryl/α,β-unsaturated/α-hetero) is 1. The number of benzene rings is 2. The van der Waals surface area contributed by atoms with Crippen molar-refractivity contribution in [3.05, 3.63) is 48.0 Å². The molecular formula is C22H27N3O4S2. The molecule has 0 N–H and O–H groups in total. The number of aromatic nitrogens is 2. The molecule has 3 aromatic rings. The van der Waals surface area contributed by atoms with Gasteiger partial charge < -0.3 is 9.30 Å². The Bertz CT molecular complexity index is 1180. The molecule has 7 nitrogen and oxygen atoms in total. The number of carbonyl (C=O) groups is 1. The number of para-hydroxylation sites is 1. The average molecular weight is 462 g/mol. The molecule has 0 aliphatic rings. The van der Waals surface area contributed by atoms with Crippen molar-refractivity contribution >= 4 is 38.6 Å².